The second-order valence-corrected chi connectivity index (χ2v) is 8.87. The van der Waals surface area contributed by atoms with Gasteiger partial charge in [0.05, 0.1) is 24.7 Å². The largest absolute Gasteiger partial charge is 0.453 e. The Morgan fingerprint density at radius 2 is 1.95 bits per heavy atom. The Kier molecular flexibility index (Phi) is 7.74. The van der Waals surface area contributed by atoms with E-state index >= 15 is 0 Å². The third-order valence-corrected chi connectivity index (χ3v) is 6.09. The molecule has 38 heavy (non-hydrogen) atoms. The number of pyridine rings is 1. The molecule has 3 aromatic rings. The van der Waals surface area contributed by atoms with E-state index in [0.717, 1.165) is 0 Å². The third-order valence-electron chi connectivity index (χ3n) is 6.09. The van der Waals surface area contributed by atoms with Gasteiger partial charge in [0.2, 0.25) is 0 Å². The molecule has 0 radical (unpaired) electrons. The van der Waals surface area contributed by atoms with Crippen LogP contribution in [0.15, 0.2) is 42.7 Å². The molecule has 9 nitrogen and oxygen atoms in total. The number of nitrogens with zero attached hydrogens (tertiary/aromatic N) is 4. The number of carbonyl (C=O) groups excluding carboxylic acids is 2. The Hall–Kier alpha value is -4.29. The summed E-state index contributed by atoms with van der Waals surface area (Å²) in [5, 5.41) is 13.1. The molecule has 0 spiro atoms. The van der Waals surface area contributed by atoms with E-state index in [1.165, 1.54) is 36.5 Å². The number of anilines is 2. The first-order chi connectivity index (χ1) is 18.0. The standard InChI is InChI=1S/C25H24F4N6O3/c1-14-7-19(26)21(32-23(36)35-6-4-15(13-35)11-25(27,28)29)10-18(14)20-8-17(12-31-34-20)16-3-5-30-22(9-16)33-24(37)38-2/h3,5,7-10,12,15H,4,6,11,13H2,1-2H3,(H,32,36)(H,30,33,37). The van der Waals surface area contributed by atoms with Crippen molar-refractivity contribution in [3.63, 3.8) is 0 Å². The first kappa shape index (κ1) is 26.8. The lowest BCUT2D eigenvalue weighted by atomic mass is 10.0. The normalized spacial score (nSPS) is 15.3. The molecule has 1 saturated heterocycles. The maximum absolute atomic E-state index is 14.7. The van der Waals surface area contributed by atoms with E-state index in [9.17, 15) is 27.2 Å². The van der Waals surface area contributed by atoms with Crippen LogP contribution >= 0.6 is 0 Å². The fraction of sp³-hybridized carbons (Fsp3) is 0.320. The molecule has 1 aromatic carbocycles. The molecule has 1 aliphatic rings. The first-order valence-corrected chi connectivity index (χ1v) is 11.6. The van der Waals surface area contributed by atoms with Crippen LogP contribution in [0, 0.1) is 18.7 Å². The quantitative estimate of drug-likeness (QED) is 0.412. The topological polar surface area (TPSA) is 109 Å². The maximum atomic E-state index is 14.7. The van der Waals surface area contributed by atoms with Crippen molar-refractivity contribution in [2.45, 2.75) is 25.9 Å². The van der Waals surface area contributed by atoms with Crippen LogP contribution in [0.4, 0.5) is 38.7 Å². The minimum absolute atomic E-state index is 0.0576. The SMILES string of the molecule is COC(=O)Nc1cc(-c2cnnc(-c3cc(NC(=O)N4CCC(CC(F)(F)F)C4)c(F)cc3C)c2)ccn1. The van der Waals surface area contributed by atoms with Crippen molar-refractivity contribution < 1.29 is 31.9 Å². The molecule has 1 atom stereocenters. The summed E-state index contributed by atoms with van der Waals surface area (Å²) in [6.07, 6.45) is -2.72. The number of urea groups is 1. The molecule has 200 valence electrons. The lowest BCUT2D eigenvalue weighted by molar-refractivity contribution is -0.143. The third kappa shape index (κ3) is 6.52. The van der Waals surface area contributed by atoms with Crippen molar-refractivity contribution >= 4 is 23.6 Å². The van der Waals surface area contributed by atoms with Crippen LogP contribution < -0.4 is 10.6 Å². The molecule has 4 rings (SSSR count). The lowest BCUT2D eigenvalue weighted by Gasteiger charge is -2.19. The van der Waals surface area contributed by atoms with Crippen LogP contribution in [0.5, 0.6) is 0 Å². The number of ether oxygens (including phenoxy) is 1. The highest BCUT2D eigenvalue weighted by atomic mass is 19.4. The molecule has 3 heterocycles. The smallest absolute Gasteiger partial charge is 0.412 e. The summed E-state index contributed by atoms with van der Waals surface area (Å²) in [6, 6.07) is 7.00. The van der Waals surface area contributed by atoms with Gasteiger partial charge in [-0.05, 0) is 60.7 Å². The van der Waals surface area contributed by atoms with E-state index < -0.39 is 36.5 Å². The van der Waals surface area contributed by atoms with Crippen LogP contribution in [0.3, 0.4) is 0 Å². The zero-order valence-corrected chi connectivity index (χ0v) is 20.5. The van der Waals surface area contributed by atoms with Gasteiger partial charge in [-0.1, -0.05) is 0 Å². The Morgan fingerprint density at radius 3 is 2.68 bits per heavy atom. The molecule has 1 aliphatic heterocycles. The zero-order valence-electron chi connectivity index (χ0n) is 20.5. The first-order valence-electron chi connectivity index (χ1n) is 11.6. The van der Waals surface area contributed by atoms with Gasteiger partial charge in [0.1, 0.15) is 11.6 Å². The van der Waals surface area contributed by atoms with E-state index in [0.29, 0.717) is 27.9 Å². The molecular weight excluding hydrogens is 508 g/mol. The molecular formula is C25H24F4N6O3. The van der Waals surface area contributed by atoms with E-state index in [2.05, 4.69) is 30.6 Å². The minimum Gasteiger partial charge on any atom is -0.453 e. The fourth-order valence-corrected chi connectivity index (χ4v) is 4.24. The van der Waals surface area contributed by atoms with Crippen molar-refractivity contribution in [3.8, 4) is 22.4 Å². The van der Waals surface area contributed by atoms with Crippen molar-refractivity contribution in [1.29, 1.82) is 0 Å². The number of carbonyl (C=O) groups is 2. The van der Waals surface area contributed by atoms with Gasteiger partial charge in [0.15, 0.2) is 0 Å². The van der Waals surface area contributed by atoms with Crippen LogP contribution in [0.2, 0.25) is 0 Å². The summed E-state index contributed by atoms with van der Waals surface area (Å²) in [7, 11) is 1.23. The highest BCUT2D eigenvalue weighted by Crippen LogP contribution is 2.32. The molecule has 0 aliphatic carbocycles. The number of methoxy groups -OCH3 is 1. The molecule has 2 N–H and O–H groups in total. The molecule has 2 aromatic heterocycles. The van der Waals surface area contributed by atoms with Crippen LogP contribution in [0.25, 0.3) is 22.4 Å². The number of likely N-dealkylation sites (tertiary alicyclic amines) is 1. The predicted octanol–water partition coefficient (Wildman–Crippen LogP) is 5.64. The van der Waals surface area contributed by atoms with E-state index in [-0.39, 0.29) is 31.0 Å². The van der Waals surface area contributed by atoms with Gasteiger partial charge in [-0.3, -0.25) is 5.32 Å². The van der Waals surface area contributed by atoms with E-state index in [1.54, 1.807) is 25.1 Å². The average Bonchev–Trinajstić information content (AvgIpc) is 3.33. The highest BCUT2D eigenvalue weighted by Gasteiger charge is 2.36. The number of benzene rings is 1. The Morgan fingerprint density at radius 1 is 1.16 bits per heavy atom. The second kappa shape index (κ2) is 11.0. The average molecular weight is 532 g/mol. The minimum atomic E-state index is -4.31. The van der Waals surface area contributed by atoms with Gasteiger partial charge in [-0.2, -0.15) is 23.4 Å². The summed E-state index contributed by atoms with van der Waals surface area (Å²) in [6.45, 7) is 1.77. The number of amides is 3. The molecule has 1 unspecified atom stereocenters. The second-order valence-electron chi connectivity index (χ2n) is 8.87. The van der Waals surface area contributed by atoms with Crippen molar-refractivity contribution in [2.75, 3.05) is 30.8 Å². The molecule has 3 amide bonds. The number of aryl methyl sites for hydroxylation is 1. The highest BCUT2D eigenvalue weighted by molar-refractivity contribution is 5.91. The molecule has 13 heteroatoms. The fourth-order valence-electron chi connectivity index (χ4n) is 4.24. The van der Waals surface area contributed by atoms with Gasteiger partial charge >= 0.3 is 18.3 Å². The van der Waals surface area contributed by atoms with Gasteiger partial charge < -0.3 is 15.0 Å². The summed E-state index contributed by atoms with van der Waals surface area (Å²) in [5.41, 5.74) is 2.58. The number of rotatable bonds is 5. The van der Waals surface area contributed by atoms with Crippen LogP contribution in [-0.2, 0) is 4.74 Å². The van der Waals surface area contributed by atoms with Gasteiger partial charge in [-0.15, -0.1) is 0 Å². The van der Waals surface area contributed by atoms with Crippen molar-refractivity contribution in [3.05, 3.63) is 54.1 Å². The summed E-state index contributed by atoms with van der Waals surface area (Å²) < 4.78 is 57.4. The predicted molar refractivity (Wildman–Crippen MR) is 131 cm³/mol. The van der Waals surface area contributed by atoms with Gasteiger partial charge in [0, 0.05) is 36.8 Å². The zero-order chi connectivity index (χ0) is 27.4. The number of hydrogen-bond acceptors (Lipinski definition) is 6. The number of alkyl halides is 3. The van der Waals surface area contributed by atoms with Crippen molar-refractivity contribution in [1.82, 2.24) is 20.1 Å². The van der Waals surface area contributed by atoms with Crippen molar-refractivity contribution in [2.24, 2.45) is 5.92 Å². The lowest BCUT2D eigenvalue weighted by Crippen LogP contribution is -2.33. The summed E-state index contributed by atoms with van der Waals surface area (Å²) >= 11 is 0. The number of hydrogen-bond donors (Lipinski definition) is 2. The number of nitrogens with one attached hydrogen (secondary N) is 2. The Bertz CT molecular complexity index is 1350. The summed E-state index contributed by atoms with van der Waals surface area (Å²) in [5.74, 6) is -1.12. The van der Waals surface area contributed by atoms with Crippen LogP contribution in [-0.4, -0.2) is 58.6 Å². The molecule has 1 fully saturated rings. The van der Waals surface area contributed by atoms with Gasteiger partial charge in [-0.25, -0.2) is 19.0 Å². The monoisotopic (exact) mass is 532 g/mol. The van der Waals surface area contributed by atoms with E-state index in [1.807, 2.05) is 0 Å². The van der Waals surface area contributed by atoms with E-state index in [4.69, 9.17) is 0 Å². The summed E-state index contributed by atoms with van der Waals surface area (Å²) in [4.78, 5) is 29.5. The number of halogens is 4. The molecule has 0 saturated carbocycles. The molecule has 0 bridgehead atoms. The maximum Gasteiger partial charge on any atom is 0.412 e. The van der Waals surface area contributed by atoms with Crippen LogP contribution in [0.1, 0.15) is 18.4 Å². The Labute approximate surface area is 215 Å². The number of aromatic nitrogens is 3. The Balaban J connectivity index is 1.55. The van der Waals surface area contributed by atoms with Gasteiger partial charge in [0.25, 0.3) is 0 Å².